The van der Waals surface area contributed by atoms with Gasteiger partial charge in [-0.25, -0.2) is 4.98 Å². The van der Waals surface area contributed by atoms with Crippen molar-refractivity contribution >= 4 is 21.7 Å². The molecule has 0 radical (unpaired) electrons. The van der Waals surface area contributed by atoms with Crippen LogP contribution in [0.2, 0.25) is 0 Å². The Morgan fingerprint density at radius 3 is 2.72 bits per heavy atom. The Balaban J connectivity index is 2.11. The average Bonchev–Trinajstić information content (AvgIpc) is 3.09. The van der Waals surface area contributed by atoms with Crippen molar-refractivity contribution in [2.24, 2.45) is 11.8 Å². The number of nitrogens with one attached hydrogen (secondary N) is 1. The molecule has 1 unspecified atom stereocenters. The molecule has 100 valence electrons. The molecular weight excluding hydrogens is 309 g/mol. The molecule has 0 bridgehead atoms. The Bertz CT molecular complexity index is 430. The Kier molecular flexibility index (Phi) is 3.84. The fraction of sp³-hybridized carbons (Fsp3) is 0.583. The third-order valence-electron chi connectivity index (χ3n) is 3.18. The van der Waals surface area contributed by atoms with Crippen LogP contribution in [0.4, 0.5) is 19.0 Å². The van der Waals surface area contributed by atoms with Crippen LogP contribution < -0.4 is 5.32 Å². The van der Waals surface area contributed by atoms with Gasteiger partial charge >= 0.3 is 6.18 Å². The Morgan fingerprint density at radius 1 is 1.50 bits per heavy atom. The van der Waals surface area contributed by atoms with E-state index in [1.807, 2.05) is 0 Å². The van der Waals surface area contributed by atoms with E-state index >= 15 is 0 Å². The summed E-state index contributed by atoms with van der Waals surface area (Å²) in [6.45, 7) is 2.58. The van der Waals surface area contributed by atoms with Gasteiger partial charge < -0.3 is 5.32 Å². The largest absolute Gasteiger partial charge is 0.419 e. The zero-order chi connectivity index (χ0) is 13.3. The molecule has 18 heavy (non-hydrogen) atoms. The molecule has 1 atom stereocenters. The maximum absolute atomic E-state index is 12.8. The van der Waals surface area contributed by atoms with Crippen LogP contribution in [0.5, 0.6) is 0 Å². The van der Waals surface area contributed by atoms with Gasteiger partial charge in [-0.3, -0.25) is 0 Å². The van der Waals surface area contributed by atoms with Crippen molar-refractivity contribution in [3.63, 3.8) is 0 Å². The van der Waals surface area contributed by atoms with Crippen LogP contribution in [0.15, 0.2) is 16.7 Å². The third-order valence-corrected chi connectivity index (χ3v) is 3.61. The minimum Gasteiger partial charge on any atom is -0.369 e. The van der Waals surface area contributed by atoms with Crippen molar-refractivity contribution in [2.75, 3.05) is 11.9 Å². The summed E-state index contributed by atoms with van der Waals surface area (Å²) in [5.41, 5.74) is -0.722. The first-order valence-electron chi connectivity index (χ1n) is 5.84. The summed E-state index contributed by atoms with van der Waals surface area (Å²) in [5.74, 6) is 0.956. The molecule has 2 rings (SSSR count). The minimum absolute atomic E-state index is 0.0850. The van der Waals surface area contributed by atoms with Crippen LogP contribution in [0.3, 0.4) is 0 Å². The van der Waals surface area contributed by atoms with E-state index in [0.717, 1.165) is 6.07 Å². The smallest absolute Gasteiger partial charge is 0.369 e. The highest BCUT2D eigenvalue weighted by molar-refractivity contribution is 9.10. The van der Waals surface area contributed by atoms with Crippen LogP contribution in [-0.2, 0) is 6.18 Å². The van der Waals surface area contributed by atoms with E-state index in [9.17, 15) is 13.2 Å². The van der Waals surface area contributed by atoms with Gasteiger partial charge in [0, 0.05) is 17.2 Å². The Hall–Kier alpha value is -0.780. The molecule has 0 spiro atoms. The first-order chi connectivity index (χ1) is 8.38. The maximum atomic E-state index is 12.8. The zero-order valence-corrected chi connectivity index (χ0v) is 11.5. The summed E-state index contributed by atoms with van der Waals surface area (Å²) in [5, 5.41) is 2.82. The van der Waals surface area contributed by atoms with Crippen molar-refractivity contribution < 1.29 is 13.2 Å². The summed E-state index contributed by atoms with van der Waals surface area (Å²) in [7, 11) is 0. The molecule has 0 aliphatic heterocycles. The lowest BCUT2D eigenvalue weighted by molar-refractivity contribution is -0.137. The molecule has 0 saturated heterocycles. The van der Waals surface area contributed by atoms with Gasteiger partial charge in [-0.1, -0.05) is 6.92 Å². The van der Waals surface area contributed by atoms with Crippen molar-refractivity contribution in [1.29, 1.82) is 0 Å². The third kappa shape index (κ3) is 3.37. The molecule has 1 fully saturated rings. The normalized spacial score (nSPS) is 17.6. The summed E-state index contributed by atoms with van der Waals surface area (Å²) < 4.78 is 38.8. The lowest BCUT2D eigenvalue weighted by Gasteiger charge is -2.16. The SMILES string of the molecule is CC(CNc1ncc(Br)cc1C(F)(F)F)C1CC1. The van der Waals surface area contributed by atoms with E-state index in [1.165, 1.54) is 19.0 Å². The molecule has 0 aromatic carbocycles. The second kappa shape index (κ2) is 5.07. The second-order valence-corrected chi connectivity index (χ2v) is 5.66. The molecule has 1 aliphatic rings. The second-order valence-electron chi connectivity index (χ2n) is 4.74. The Morgan fingerprint density at radius 2 is 2.17 bits per heavy atom. The van der Waals surface area contributed by atoms with E-state index in [2.05, 4.69) is 33.2 Å². The van der Waals surface area contributed by atoms with Crippen LogP contribution in [0, 0.1) is 11.8 Å². The van der Waals surface area contributed by atoms with Gasteiger partial charge in [-0.2, -0.15) is 13.2 Å². The van der Waals surface area contributed by atoms with Crippen LogP contribution in [-0.4, -0.2) is 11.5 Å². The number of hydrogen-bond acceptors (Lipinski definition) is 2. The molecule has 0 amide bonds. The monoisotopic (exact) mass is 322 g/mol. The fourth-order valence-corrected chi connectivity index (χ4v) is 2.22. The lowest BCUT2D eigenvalue weighted by atomic mass is 10.1. The Labute approximate surface area is 112 Å². The molecule has 1 heterocycles. The summed E-state index contributed by atoms with van der Waals surface area (Å²) in [6.07, 6.45) is -0.646. The van der Waals surface area contributed by atoms with E-state index < -0.39 is 11.7 Å². The molecule has 6 heteroatoms. The van der Waals surface area contributed by atoms with Gasteiger partial charge in [0.25, 0.3) is 0 Å². The zero-order valence-electron chi connectivity index (χ0n) is 9.89. The first-order valence-corrected chi connectivity index (χ1v) is 6.64. The van der Waals surface area contributed by atoms with Crippen molar-refractivity contribution in [2.45, 2.75) is 25.9 Å². The van der Waals surface area contributed by atoms with Gasteiger partial charge in [0.1, 0.15) is 5.82 Å². The number of halogens is 4. The van der Waals surface area contributed by atoms with Crippen molar-refractivity contribution in [3.8, 4) is 0 Å². The molecule has 1 saturated carbocycles. The molecule has 1 aromatic heterocycles. The van der Waals surface area contributed by atoms with Crippen LogP contribution in [0.1, 0.15) is 25.3 Å². The first kappa shape index (κ1) is 13.6. The summed E-state index contributed by atoms with van der Waals surface area (Å²) in [4.78, 5) is 3.82. The van der Waals surface area contributed by atoms with E-state index in [4.69, 9.17) is 0 Å². The average molecular weight is 323 g/mol. The number of anilines is 1. The van der Waals surface area contributed by atoms with Gasteiger partial charge in [-0.15, -0.1) is 0 Å². The molecular formula is C12H14BrF3N2. The van der Waals surface area contributed by atoms with Gasteiger partial charge in [-0.05, 0) is 46.7 Å². The van der Waals surface area contributed by atoms with Gasteiger partial charge in [0.05, 0.1) is 5.56 Å². The highest BCUT2D eigenvalue weighted by atomic mass is 79.9. The van der Waals surface area contributed by atoms with Gasteiger partial charge in [0.2, 0.25) is 0 Å². The molecule has 1 aromatic rings. The predicted molar refractivity (Wildman–Crippen MR) is 67.3 cm³/mol. The summed E-state index contributed by atoms with van der Waals surface area (Å²) in [6, 6.07) is 1.05. The van der Waals surface area contributed by atoms with Crippen molar-refractivity contribution in [3.05, 3.63) is 22.3 Å². The highest BCUT2D eigenvalue weighted by Gasteiger charge is 2.35. The van der Waals surface area contributed by atoms with E-state index in [1.54, 1.807) is 0 Å². The predicted octanol–water partition coefficient (Wildman–Crippen LogP) is 4.32. The molecule has 1 N–H and O–H groups in total. The fourth-order valence-electron chi connectivity index (χ4n) is 1.89. The van der Waals surface area contributed by atoms with Crippen LogP contribution >= 0.6 is 15.9 Å². The van der Waals surface area contributed by atoms with Crippen molar-refractivity contribution in [1.82, 2.24) is 4.98 Å². The standard InChI is InChI=1S/C12H14BrF3N2/c1-7(8-2-3-8)5-17-11-10(12(14,15)16)4-9(13)6-18-11/h4,6-8H,2-3,5H2,1H3,(H,17,18). The highest BCUT2D eigenvalue weighted by Crippen LogP contribution is 2.38. The molecule has 1 aliphatic carbocycles. The number of rotatable bonds is 4. The maximum Gasteiger partial charge on any atom is 0.419 e. The lowest BCUT2D eigenvalue weighted by Crippen LogP contribution is -2.17. The topological polar surface area (TPSA) is 24.9 Å². The number of aromatic nitrogens is 1. The summed E-state index contributed by atoms with van der Waals surface area (Å²) >= 11 is 3.01. The quantitative estimate of drug-likeness (QED) is 0.892. The number of hydrogen-bond donors (Lipinski definition) is 1. The van der Waals surface area contributed by atoms with E-state index in [0.29, 0.717) is 22.9 Å². The molecule has 2 nitrogen and oxygen atoms in total. The number of nitrogens with zero attached hydrogens (tertiary/aromatic N) is 1. The number of pyridine rings is 1. The van der Waals surface area contributed by atoms with E-state index in [-0.39, 0.29) is 5.82 Å². The van der Waals surface area contributed by atoms with Crippen LogP contribution in [0.25, 0.3) is 0 Å². The minimum atomic E-state index is -4.39. The number of alkyl halides is 3. The van der Waals surface area contributed by atoms with Gasteiger partial charge in [0.15, 0.2) is 0 Å².